The van der Waals surface area contributed by atoms with Gasteiger partial charge in [0.15, 0.2) is 0 Å². The van der Waals surface area contributed by atoms with Crippen LogP contribution in [0.3, 0.4) is 0 Å². The van der Waals surface area contributed by atoms with Crippen molar-refractivity contribution in [2.75, 3.05) is 12.4 Å². The highest BCUT2D eigenvalue weighted by Gasteiger charge is 2.31. The summed E-state index contributed by atoms with van der Waals surface area (Å²) >= 11 is 0. The van der Waals surface area contributed by atoms with Crippen molar-refractivity contribution in [2.45, 2.75) is 32.7 Å². The summed E-state index contributed by atoms with van der Waals surface area (Å²) in [6.07, 6.45) is 0.871. The molecule has 0 saturated carbocycles. The molecule has 1 aliphatic rings. The van der Waals surface area contributed by atoms with Crippen molar-refractivity contribution in [3.05, 3.63) is 29.3 Å². The van der Waals surface area contributed by atoms with E-state index in [0.717, 1.165) is 16.8 Å². The third-order valence-electron chi connectivity index (χ3n) is 3.65. The molecule has 108 valence electrons. The maximum Gasteiger partial charge on any atom is 0.311 e. The van der Waals surface area contributed by atoms with Gasteiger partial charge < -0.3 is 15.8 Å². The second kappa shape index (κ2) is 5.25. The molecule has 0 fully saturated rings. The molecule has 20 heavy (non-hydrogen) atoms. The highest BCUT2D eigenvalue weighted by atomic mass is 16.5. The zero-order valence-electron chi connectivity index (χ0n) is 12.0. The monoisotopic (exact) mass is 276 g/mol. The minimum atomic E-state index is -0.638. The van der Waals surface area contributed by atoms with Crippen LogP contribution < -0.4 is 11.1 Å². The highest BCUT2D eigenvalue weighted by Crippen LogP contribution is 2.32. The minimum absolute atomic E-state index is 0.000567. The number of amides is 1. The van der Waals surface area contributed by atoms with Crippen molar-refractivity contribution in [3.8, 4) is 0 Å². The Bertz CT molecular complexity index is 552. The summed E-state index contributed by atoms with van der Waals surface area (Å²) < 4.78 is 4.79. The molecule has 0 spiro atoms. The summed E-state index contributed by atoms with van der Waals surface area (Å²) in [4.78, 5) is 23.0. The first-order chi connectivity index (χ1) is 9.33. The molecule has 0 radical (unpaired) electrons. The fraction of sp³-hybridized carbons (Fsp3) is 0.467. The number of carbonyl (C=O) groups is 2. The number of methoxy groups -OCH3 is 1. The Morgan fingerprint density at radius 1 is 1.50 bits per heavy atom. The van der Waals surface area contributed by atoms with E-state index in [4.69, 9.17) is 10.5 Å². The Labute approximate surface area is 118 Å². The SMILES string of the molecule is COC(=O)C(C)(C)CC(N)c1ccc2c(c1)CC(=O)N2. The number of carbonyl (C=O) groups excluding carboxylic acids is 2. The van der Waals surface area contributed by atoms with Gasteiger partial charge in [0.05, 0.1) is 18.9 Å². The molecule has 0 aromatic heterocycles. The Hall–Kier alpha value is -1.88. The molecule has 5 heteroatoms. The van der Waals surface area contributed by atoms with Gasteiger partial charge in [-0.25, -0.2) is 0 Å². The zero-order chi connectivity index (χ0) is 14.9. The summed E-state index contributed by atoms with van der Waals surface area (Å²) in [5, 5.41) is 2.79. The smallest absolute Gasteiger partial charge is 0.311 e. The number of hydrogen-bond acceptors (Lipinski definition) is 4. The van der Waals surface area contributed by atoms with E-state index in [2.05, 4.69) is 5.32 Å². The lowest BCUT2D eigenvalue weighted by molar-refractivity contribution is -0.151. The Morgan fingerprint density at radius 2 is 2.20 bits per heavy atom. The molecule has 1 amide bonds. The van der Waals surface area contributed by atoms with Crippen LogP contribution in [0.25, 0.3) is 0 Å². The number of anilines is 1. The normalized spacial score (nSPS) is 15.5. The molecule has 1 aromatic carbocycles. The third kappa shape index (κ3) is 2.82. The molecule has 0 saturated heterocycles. The first kappa shape index (κ1) is 14.5. The lowest BCUT2D eigenvalue weighted by atomic mass is 9.83. The fourth-order valence-corrected chi connectivity index (χ4v) is 2.51. The molecule has 1 atom stereocenters. The molecule has 1 unspecified atom stereocenters. The molecular weight excluding hydrogens is 256 g/mol. The number of esters is 1. The van der Waals surface area contributed by atoms with E-state index < -0.39 is 5.41 Å². The standard InChI is InChI=1S/C15H20N2O3/c1-15(2,14(19)20-3)8-11(16)9-4-5-12-10(6-9)7-13(18)17-12/h4-6,11H,7-8,16H2,1-3H3,(H,17,18). The maximum atomic E-state index is 11.7. The number of fused-ring (bicyclic) bond motifs is 1. The van der Waals surface area contributed by atoms with Crippen LogP contribution in [0.2, 0.25) is 0 Å². The van der Waals surface area contributed by atoms with Crippen LogP contribution in [0, 0.1) is 5.41 Å². The number of nitrogens with one attached hydrogen (secondary N) is 1. The highest BCUT2D eigenvalue weighted by molar-refractivity contribution is 5.99. The summed E-state index contributed by atoms with van der Waals surface area (Å²) in [7, 11) is 1.38. The van der Waals surface area contributed by atoms with Crippen molar-refractivity contribution >= 4 is 17.6 Å². The van der Waals surface area contributed by atoms with Crippen LogP contribution in [0.15, 0.2) is 18.2 Å². The Kier molecular flexibility index (Phi) is 3.81. The van der Waals surface area contributed by atoms with Gasteiger partial charge in [0.1, 0.15) is 0 Å². The fourth-order valence-electron chi connectivity index (χ4n) is 2.51. The first-order valence-electron chi connectivity index (χ1n) is 6.60. The van der Waals surface area contributed by atoms with Crippen LogP contribution in [0.5, 0.6) is 0 Å². The lowest BCUT2D eigenvalue weighted by Crippen LogP contribution is -2.30. The van der Waals surface area contributed by atoms with Crippen molar-refractivity contribution in [2.24, 2.45) is 11.1 Å². The van der Waals surface area contributed by atoms with Crippen molar-refractivity contribution < 1.29 is 14.3 Å². The topological polar surface area (TPSA) is 81.4 Å². The van der Waals surface area contributed by atoms with Crippen LogP contribution in [0.1, 0.15) is 37.4 Å². The largest absolute Gasteiger partial charge is 0.469 e. The molecule has 0 aliphatic carbocycles. The van der Waals surface area contributed by atoms with E-state index in [-0.39, 0.29) is 17.9 Å². The molecule has 1 aromatic rings. The lowest BCUT2D eigenvalue weighted by Gasteiger charge is -2.25. The van der Waals surface area contributed by atoms with Gasteiger partial charge in [0.25, 0.3) is 0 Å². The number of nitrogens with two attached hydrogens (primary N) is 1. The summed E-state index contributed by atoms with van der Waals surface area (Å²) in [6, 6.07) is 5.42. The number of hydrogen-bond donors (Lipinski definition) is 2. The van der Waals surface area contributed by atoms with E-state index in [1.807, 2.05) is 32.0 Å². The van der Waals surface area contributed by atoms with Gasteiger partial charge in [-0.15, -0.1) is 0 Å². The van der Waals surface area contributed by atoms with Crippen molar-refractivity contribution in [1.82, 2.24) is 0 Å². The van der Waals surface area contributed by atoms with Gasteiger partial charge >= 0.3 is 5.97 Å². The molecule has 1 heterocycles. The second-order valence-corrected chi connectivity index (χ2v) is 5.83. The minimum Gasteiger partial charge on any atom is -0.469 e. The van der Waals surface area contributed by atoms with Gasteiger partial charge in [0, 0.05) is 11.7 Å². The molecule has 5 nitrogen and oxygen atoms in total. The maximum absolute atomic E-state index is 11.7. The van der Waals surface area contributed by atoms with Crippen LogP contribution in [0.4, 0.5) is 5.69 Å². The Morgan fingerprint density at radius 3 is 2.85 bits per heavy atom. The quantitative estimate of drug-likeness (QED) is 0.821. The van der Waals surface area contributed by atoms with Gasteiger partial charge in [-0.05, 0) is 37.5 Å². The summed E-state index contributed by atoms with van der Waals surface area (Å²) in [5.41, 5.74) is 8.28. The second-order valence-electron chi connectivity index (χ2n) is 5.83. The van der Waals surface area contributed by atoms with Crippen LogP contribution in [-0.2, 0) is 20.7 Å². The summed E-state index contributed by atoms with van der Waals surface area (Å²) in [5.74, 6) is -0.272. The van der Waals surface area contributed by atoms with Gasteiger partial charge in [0.2, 0.25) is 5.91 Å². The van der Waals surface area contributed by atoms with E-state index in [1.54, 1.807) is 0 Å². The van der Waals surface area contributed by atoms with Gasteiger partial charge in [-0.1, -0.05) is 12.1 Å². The van der Waals surface area contributed by atoms with Crippen LogP contribution in [-0.4, -0.2) is 19.0 Å². The predicted octanol–water partition coefficient (Wildman–Crippen LogP) is 1.77. The molecule has 0 bridgehead atoms. The van der Waals surface area contributed by atoms with E-state index in [0.29, 0.717) is 12.8 Å². The average Bonchev–Trinajstić information content (AvgIpc) is 2.75. The molecule has 3 N–H and O–H groups in total. The van der Waals surface area contributed by atoms with E-state index in [9.17, 15) is 9.59 Å². The Balaban J connectivity index is 2.15. The summed E-state index contributed by atoms with van der Waals surface area (Å²) in [6.45, 7) is 3.63. The van der Waals surface area contributed by atoms with Crippen molar-refractivity contribution in [1.29, 1.82) is 0 Å². The molecular formula is C15H20N2O3. The molecule has 1 aliphatic heterocycles. The van der Waals surface area contributed by atoms with Crippen molar-refractivity contribution in [3.63, 3.8) is 0 Å². The number of benzene rings is 1. The van der Waals surface area contributed by atoms with Gasteiger partial charge in [-0.2, -0.15) is 0 Å². The average molecular weight is 276 g/mol. The molecule has 2 rings (SSSR count). The first-order valence-corrected chi connectivity index (χ1v) is 6.60. The third-order valence-corrected chi connectivity index (χ3v) is 3.65. The predicted molar refractivity (Wildman–Crippen MR) is 76.1 cm³/mol. The van der Waals surface area contributed by atoms with E-state index >= 15 is 0 Å². The zero-order valence-corrected chi connectivity index (χ0v) is 12.0. The van der Waals surface area contributed by atoms with E-state index in [1.165, 1.54) is 7.11 Å². The van der Waals surface area contributed by atoms with Gasteiger partial charge in [-0.3, -0.25) is 9.59 Å². The number of ether oxygens (including phenoxy) is 1. The number of rotatable bonds is 4. The van der Waals surface area contributed by atoms with Crippen LogP contribution >= 0.6 is 0 Å².